The Bertz CT molecular complexity index is 667. The van der Waals surface area contributed by atoms with Crippen LogP contribution < -0.4 is 4.90 Å². The summed E-state index contributed by atoms with van der Waals surface area (Å²) in [5.74, 6) is 0.308. The predicted molar refractivity (Wildman–Crippen MR) is 77.5 cm³/mol. The number of para-hydroxylation sites is 1. The van der Waals surface area contributed by atoms with Crippen molar-refractivity contribution in [2.75, 3.05) is 38.2 Å². The molecule has 0 saturated carbocycles. The van der Waals surface area contributed by atoms with E-state index in [4.69, 9.17) is 4.74 Å². The van der Waals surface area contributed by atoms with Crippen LogP contribution in [0.25, 0.3) is 5.69 Å². The van der Waals surface area contributed by atoms with Crippen molar-refractivity contribution in [2.45, 2.75) is 0 Å². The zero-order chi connectivity index (χ0) is 15.5. The van der Waals surface area contributed by atoms with Gasteiger partial charge in [-0.25, -0.2) is 13.9 Å². The van der Waals surface area contributed by atoms with E-state index < -0.39 is 0 Å². The van der Waals surface area contributed by atoms with Gasteiger partial charge in [0.15, 0.2) is 5.82 Å². The molecule has 1 saturated heterocycles. The third-order valence-electron chi connectivity index (χ3n) is 3.62. The van der Waals surface area contributed by atoms with E-state index in [0.29, 0.717) is 37.7 Å². The molecule has 1 aromatic carbocycles. The minimum absolute atomic E-state index is 0.324. The number of hydrogen-bond acceptors (Lipinski definition) is 5. The fourth-order valence-electron chi connectivity index (χ4n) is 2.40. The van der Waals surface area contributed by atoms with Crippen molar-refractivity contribution in [2.24, 2.45) is 0 Å². The highest BCUT2D eigenvalue weighted by atomic mass is 19.1. The monoisotopic (exact) mass is 305 g/mol. The zero-order valence-corrected chi connectivity index (χ0v) is 12.1. The van der Waals surface area contributed by atoms with Gasteiger partial charge in [-0.3, -0.25) is 0 Å². The first-order valence-corrected chi connectivity index (χ1v) is 6.94. The Hall–Kier alpha value is -2.64. The number of piperazine rings is 1. The van der Waals surface area contributed by atoms with E-state index in [2.05, 4.69) is 10.3 Å². The summed E-state index contributed by atoms with van der Waals surface area (Å²) in [6.45, 7) is 2.37. The highest BCUT2D eigenvalue weighted by molar-refractivity contribution is 5.67. The van der Waals surface area contributed by atoms with Crippen molar-refractivity contribution in [3.05, 3.63) is 36.3 Å². The van der Waals surface area contributed by atoms with E-state index in [1.165, 1.54) is 17.9 Å². The lowest BCUT2D eigenvalue weighted by Crippen LogP contribution is -2.48. The molecular weight excluding hydrogens is 289 g/mol. The molecule has 7 nitrogen and oxygen atoms in total. The van der Waals surface area contributed by atoms with E-state index in [-0.39, 0.29) is 11.9 Å². The molecule has 22 heavy (non-hydrogen) atoms. The number of carbonyl (C=O) groups excluding carboxylic acids is 1. The number of rotatable bonds is 2. The van der Waals surface area contributed by atoms with Gasteiger partial charge in [-0.15, -0.1) is 5.10 Å². The number of carbonyl (C=O) groups is 1. The predicted octanol–water partition coefficient (Wildman–Crippen LogP) is 1.29. The maximum atomic E-state index is 13.7. The first kappa shape index (κ1) is 14.3. The largest absolute Gasteiger partial charge is 0.453 e. The van der Waals surface area contributed by atoms with Gasteiger partial charge >= 0.3 is 6.09 Å². The number of hydrogen-bond donors (Lipinski definition) is 0. The summed E-state index contributed by atoms with van der Waals surface area (Å²) in [6.07, 6.45) is 1.36. The molecule has 0 radical (unpaired) electrons. The lowest BCUT2D eigenvalue weighted by Gasteiger charge is -2.33. The van der Waals surface area contributed by atoms with Crippen LogP contribution in [0.5, 0.6) is 0 Å². The zero-order valence-electron chi connectivity index (χ0n) is 12.1. The average molecular weight is 305 g/mol. The molecule has 0 unspecified atom stereocenters. The summed E-state index contributed by atoms with van der Waals surface area (Å²) in [5, 5.41) is 8.06. The summed E-state index contributed by atoms with van der Waals surface area (Å²) in [7, 11) is 1.37. The molecule has 2 heterocycles. The second kappa shape index (κ2) is 6.00. The van der Waals surface area contributed by atoms with Crippen LogP contribution in [0.2, 0.25) is 0 Å². The van der Waals surface area contributed by atoms with Crippen LogP contribution in [0.1, 0.15) is 0 Å². The Kier molecular flexibility index (Phi) is 3.90. The van der Waals surface area contributed by atoms with Gasteiger partial charge < -0.3 is 14.5 Å². The van der Waals surface area contributed by atoms with Gasteiger partial charge in [0.2, 0.25) is 0 Å². The molecule has 1 aliphatic heterocycles. The fraction of sp³-hybridized carbons (Fsp3) is 0.357. The molecule has 2 aromatic rings. The van der Waals surface area contributed by atoms with Gasteiger partial charge in [-0.05, 0) is 12.1 Å². The molecule has 116 valence electrons. The Morgan fingerprint density at radius 2 is 1.95 bits per heavy atom. The van der Waals surface area contributed by atoms with Gasteiger partial charge in [0.05, 0.1) is 13.3 Å². The van der Waals surface area contributed by atoms with Crippen molar-refractivity contribution in [3.63, 3.8) is 0 Å². The summed E-state index contributed by atoms with van der Waals surface area (Å²) in [5.41, 5.74) is 0.356. The minimum Gasteiger partial charge on any atom is -0.453 e. The molecular formula is C14H16FN5O2. The maximum absolute atomic E-state index is 13.7. The minimum atomic E-state index is -0.352. The number of ether oxygens (including phenoxy) is 1. The summed E-state index contributed by atoms with van der Waals surface area (Å²) in [4.78, 5) is 15.1. The quantitative estimate of drug-likeness (QED) is 0.837. The van der Waals surface area contributed by atoms with Crippen LogP contribution in [-0.4, -0.2) is 59.3 Å². The third-order valence-corrected chi connectivity index (χ3v) is 3.62. The first-order valence-electron chi connectivity index (χ1n) is 6.94. The Balaban J connectivity index is 1.71. The number of benzene rings is 1. The van der Waals surface area contributed by atoms with Gasteiger partial charge in [0, 0.05) is 26.2 Å². The number of amides is 1. The lowest BCUT2D eigenvalue weighted by atomic mass is 10.3. The fourth-order valence-corrected chi connectivity index (χ4v) is 2.40. The van der Waals surface area contributed by atoms with Crippen molar-refractivity contribution in [1.29, 1.82) is 0 Å². The molecule has 8 heteroatoms. The molecule has 1 amide bonds. The Morgan fingerprint density at radius 3 is 2.64 bits per heavy atom. The second-order valence-corrected chi connectivity index (χ2v) is 4.92. The van der Waals surface area contributed by atoms with Crippen molar-refractivity contribution in [3.8, 4) is 5.69 Å². The number of anilines is 1. The smallest absolute Gasteiger partial charge is 0.409 e. The Morgan fingerprint density at radius 1 is 1.23 bits per heavy atom. The molecule has 1 aliphatic rings. The summed E-state index contributed by atoms with van der Waals surface area (Å²) < 4.78 is 19.9. The number of methoxy groups -OCH3 is 1. The maximum Gasteiger partial charge on any atom is 0.409 e. The highest BCUT2D eigenvalue weighted by Crippen LogP contribution is 2.17. The Labute approximate surface area is 126 Å². The topological polar surface area (TPSA) is 63.5 Å². The average Bonchev–Trinajstić information content (AvgIpc) is 3.04. The molecule has 3 rings (SSSR count). The van der Waals surface area contributed by atoms with Crippen LogP contribution in [0.3, 0.4) is 0 Å². The number of halogens is 1. The van der Waals surface area contributed by atoms with Crippen molar-refractivity contribution in [1.82, 2.24) is 19.9 Å². The normalized spacial score (nSPS) is 15.0. The molecule has 0 spiro atoms. The standard InChI is InChI=1S/C14H16FN5O2/c1-22-14(21)19-8-6-18(7-9-19)13-10-20(17-16-13)12-5-3-2-4-11(12)15/h2-5,10H,6-9H2,1H3. The van der Waals surface area contributed by atoms with E-state index >= 15 is 0 Å². The number of aromatic nitrogens is 3. The second-order valence-electron chi connectivity index (χ2n) is 4.92. The van der Waals surface area contributed by atoms with Crippen LogP contribution in [-0.2, 0) is 4.74 Å². The highest BCUT2D eigenvalue weighted by Gasteiger charge is 2.23. The molecule has 1 fully saturated rings. The first-order chi connectivity index (χ1) is 10.7. The van der Waals surface area contributed by atoms with Gasteiger partial charge in [0.25, 0.3) is 0 Å². The van der Waals surface area contributed by atoms with Crippen LogP contribution in [0.15, 0.2) is 30.5 Å². The molecule has 0 N–H and O–H groups in total. The van der Waals surface area contributed by atoms with E-state index in [0.717, 1.165) is 0 Å². The number of nitrogens with zero attached hydrogens (tertiary/aromatic N) is 5. The van der Waals surface area contributed by atoms with E-state index in [9.17, 15) is 9.18 Å². The van der Waals surface area contributed by atoms with Crippen LogP contribution in [0, 0.1) is 5.82 Å². The summed E-state index contributed by atoms with van der Waals surface area (Å²) >= 11 is 0. The van der Waals surface area contributed by atoms with Gasteiger partial charge in [-0.2, -0.15) is 0 Å². The van der Waals surface area contributed by atoms with Crippen molar-refractivity contribution < 1.29 is 13.9 Å². The third kappa shape index (κ3) is 2.72. The molecule has 0 bridgehead atoms. The van der Waals surface area contributed by atoms with Gasteiger partial charge in [-0.1, -0.05) is 17.3 Å². The lowest BCUT2D eigenvalue weighted by molar-refractivity contribution is 0.121. The molecule has 0 atom stereocenters. The van der Waals surface area contributed by atoms with E-state index in [1.54, 1.807) is 29.3 Å². The van der Waals surface area contributed by atoms with Crippen LogP contribution >= 0.6 is 0 Å². The molecule has 1 aromatic heterocycles. The van der Waals surface area contributed by atoms with Crippen LogP contribution in [0.4, 0.5) is 15.0 Å². The van der Waals surface area contributed by atoms with Crippen molar-refractivity contribution >= 4 is 11.9 Å². The van der Waals surface area contributed by atoms with E-state index in [1.807, 2.05) is 4.90 Å². The molecule has 0 aliphatic carbocycles. The SMILES string of the molecule is COC(=O)N1CCN(c2cn(-c3ccccc3F)nn2)CC1. The van der Waals surface area contributed by atoms with Gasteiger partial charge in [0.1, 0.15) is 11.5 Å². The summed E-state index contributed by atoms with van der Waals surface area (Å²) in [6, 6.07) is 6.40.